The first-order valence-corrected chi connectivity index (χ1v) is 9.37. The van der Waals surface area contributed by atoms with Crippen molar-refractivity contribution in [2.45, 2.75) is 38.5 Å². The molecule has 0 spiro atoms. The van der Waals surface area contributed by atoms with E-state index in [0.29, 0.717) is 18.1 Å². The zero-order valence-corrected chi connectivity index (χ0v) is 16.0. The summed E-state index contributed by atoms with van der Waals surface area (Å²) in [5.41, 5.74) is 4.88. The first-order chi connectivity index (χ1) is 12.4. The first kappa shape index (κ1) is 17.2. The molecule has 0 unspecified atom stereocenters. The molecular weight excluding hydrogens is 346 g/mol. The zero-order chi connectivity index (χ0) is 18.5. The van der Waals surface area contributed by atoms with E-state index in [-0.39, 0.29) is 11.9 Å². The highest BCUT2D eigenvalue weighted by Gasteiger charge is 2.49. The molecule has 0 amide bonds. The third-order valence-electron chi connectivity index (χ3n) is 5.51. The lowest BCUT2D eigenvalue weighted by molar-refractivity contribution is -0.149. The Labute approximate surface area is 158 Å². The minimum atomic E-state index is -0.691. The molecule has 0 radical (unpaired) electrons. The minimum absolute atomic E-state index is 0.131. The predicted octanol–water partition coefficient (Wildman–Crippen LogP) is 5.49. The lowest BCUT2D eigenvalue weighted by Crippen LogP contribution is -2.32. The van der Waals surface area contributed by atoms with Crippen molar-refractivity contribution in [3.63, 3.8) is 0 Å². The Balaban J connectivity index is 1.94. The van der Waals surface area contributed by atoms with Crippen LogP contribution in [0.25, 0.3) is 10.9 Å². The summed E-state index contributed by atoms with van der Waals surface area (Å²) in [5.74, 6) is -0.0390. The van der Waals surface area contributed by atoms with Gasteiger partial charge in [0, 0.05) is 27.5 Å². The van der Waals surface area contributed by atoms with E-state index in [9.17, 15) is 4.79 Å². The number of rotatable bonds is 3. The Morgan fingerprint density at radius 2 is 2.00 bits per heavy atom. The largest absolute Gasteiger partial charge is 0.465 e. The molecular formula is C22H22ClNO2. The number of benzene rings is 2. The Morgan fingerprint density at radius 1 is 1.27 bits per heavy atom. The van der Waals surface area contributed by atoms with Gasteiger partial charge in [-0.1, -0.05) is 41.4 Å². The van der Waals surface area contributed by atoms with Gasteiger partial charge in [-0.2, -0.15) is 0 Å². The number of esters is 1. The standard InChI is InChI=1S/C22H22ClNO2/c1-4-26-21(25)22(3)12-17(14-7-5-13(2)6-8-14)20-19(22)16-11-15(23)9-10-18(16)24-20/h5-11,17,24H,4,12H2,1-3H3/t17-,22+/m1/s1. The van der Waals surface area contributed by atoms with Crippen molar-refractivity contribution in [1.29, 1.82) is 0 Å². The summed E-state index contributed by atoms with van der Waals surface area (Å²) < 4.78 is 5.45. The van der Waals surface area contributed by atoms with Gasteiger partial charge in [0.25, 0.3) is 0 Å². The number of aryl methyl sites for hydroxylation is 1. The predicted molar refractivity (Wildman–Crippen MR) is 105 cm³/mol. The Morgan fingerprint density at radius 3 is 2.69 bits per heavy atom. The van der Waals surface area contributed by atoms with Gasteiger partial charge in [0.15, 0.2) is 0 Å². The maximum absolute atomic E-state index is 12.9. The summed E-state index contributed by atoms with van der Waals surface area (Å²) >= 11 is 6.25. The van der Waals surface area contributed by atoms with Crippen LogP contribution in [-0.2, 0) is 14.9 Å². The van der Waals surface area contributed by atoms with Crippen LogP contribution in [-0.4, -0.2) is 17.6 Å². The first-order valence-electron chi connectivity index (χ1n) is 8.99. The highest BCUT2D eigenvalue weighted by Crippen LogP contribution is 2.52. The number of aromatic amines is 1. The van der Waals surface area contributed by atoms with Gasteiger partial charge < -0.3 is 9.72 Å². The maximum atomic E-state index is 12.9. The number of carbonyl (C=O) groups excluding carboxylic acids is 1. The van der Waals surface area contributed by atoms with Gasteiger partial charge in [-0.3, -0.25) is 4.79 Å². The van der Waals surface area contributed by atoms with Crippen LogP contribution in [0.2, 0.25) is 5.02 Å². The Kier molecular flexibility index (Phi) is 4.07. The molecule has 1 aliphatic rings. The second kappa shape index (κ2) is 6.17. The fourth-order valence-electron chi connectivity index (χ4n) is 4.21. The number of hydrogen-bond donors (Lipinski definition) is 1. The second-order valence-corrected chi connectivity index (χ2v) is 7.76. The van der Waals surface area contributed by atoms with Crippen LogP contribution in [0.15, 0.2) is 42.5 Å². The van der Waals surface area contributed by atoms with E-state index in [1.54, 1.807) is 0 Å². The van der Waals surface area contributed by atoms with E-state index >= 15 is 0 Å². The third-order valence-corrected chi connectivity index (χ3v) is 5.74. The van der Waals surface area contributed by atoms with Gasteiger partial charge in [0.1, 0.15) is 0 Å². The molecule has 2 aromatic carbocycles. The van der Waals surface area contributed by atoms with E-state index in [4.69, 9.17) is 16.3 Å². The van der Waals surface area contributed by atoms with Crippen molar-refractivity contribution in [2.75, 3.05) is 6.61 Å². The van der Waals surface area contributed by atoms with E-state index in [1.807, 2.05) is 32.0 Å². The molecule has 4 heteroatoms. The Bertz CT molecular complexity index is 989. The van der Waals surface area contributed by atoms with Crippen molar-refractivity contribution in [3.8, 4) is 0 Å². The van der Waals surface area contributed by atoms with Crippen LogP contribution in [0.3, 0.4) is 0 Å². The normalized spacial score (nSPS) is 21.8. The third kappa shape index (κ3) is 2.53. The molecule has 1 aromatic heterocycles. The molecule has 26 heavy (non-hydrogen) atoms. The minimum Gasteiger partial charge on any atom is -0.465 e. The van der Waals surface area contributed by atoms with Crippen LogP contribution in [0, 0.1) is 6.92 Å². The van der Waals surface area contributed by atoms with Gasteiger partial charge in [0.05, 0.1) is 12.0 Å². The number of ether oxygens (including phenoxy) is 1. The van der Waals surface area contributed by atoms with Crippen LogP contribution in [0.5, 0.6) is 0 Å². The highest BCUT2D eigenvalue weighted by molar-refractivity contribution is 6.31. The van der Waals surface area contributed by atoms with Gasteiger partial charge in [-0.15, -0.1) is 0 Å². The molecule has 1 heterocycles. The molecule has 4 rings (SSSR count). The van der Waals surface area contributed by atoms with E-state index in [1.165, 1.54) is 11.1 Å². The van der Waals surface area contributed by atoms with Crippen LogP contribution >= 0.6 is 11.6 Å². The topological polar surface area (TPSA) is 42.1 Å². The van der Waals surface area contributed by atoms with Crippen LogP contribution in [0.1, 0.15) is 48.6 Å². The van der Waals surface area contributed by atoms with Gasteiger partial charge >= 0.3 is 5.97 Å². The van der Waals surface area contributed by atoms with Crippen molar-refractivity contribution < 1.29 is 9.53 Å². The number of halogens is 1. The maximum Gasteiger partial charge on any atom is 0.316 e. The van der Waals surface area contributed by atoms with Crippen LogP contribution < -0.4 is 0 Å². The quantitative estimate of drug-likeness (QED) is 0.622. The summed E-state index contributed by atoms with van der Waals surface area (Å²) in [4.78, 5) is 16.5. The molecule has 0 aliphatic heterocycles. The van der Waals surface area contributed by atoms with Gasteiger partial charge in [-0.25, -0.2) is 0 Å². The summed E-state index contributed by atoms with van der Waals surface area (Å²) in [5, 5.41) is 1.68. The zero-order valence-electron chi connectivity index (χ0n) is 15.2. The SMILES string of the molecule is CCOC(=O)[C@@]1(C)C[C@H](c2ccc(C)cc2)c2[nH]c3ccc(Cl)cc3c21. The fraction of sp³-hybridized carbons (Fsp3) is 0.318. The molecule has 1 N–H and O–H groups in total. The smallest absolute Gasteiger partial charge is 0.316 e. The summed E-state index contributed by atoms with van der Waals surface area (Å²) in [7, 11) is 0. The summed E-state index contributed by atoms with van der Waals surface area (Å²) in [6, 6.07) is 14.3. The van der Waals surface area contributed by atoms with E-state index in [0.717, 1.165) is 22.2 Å². The van der Waals surface area contributed by atoms with Crippen molar-refractivity contribution in [2.24, 2.45) is 0 Å². The molecule has 0 saturated carbocycles. The summed E-state index contributed by atoms with van der Waals surface area (Å²) in [6.45, 7) is 6.30. The van der Waals surface area contributed by atoms with Crippen LogP contribution in [0.4, 0.5) is 0 Å². The second-order valence-electron chi connectivity index (χ2n) is 7.32. The number of aromatic nitrogens is 1. The number of fused-ring (bicyclic) bond motifs is 3. The molecule has 134 valence electrons. The van der Waals surface area contributed by atoms with Crippen molar-refractivity contribution >= 4 is 28.5 Å². The molecule has 0 saturated heterocycles. The monoisotopic (exact) mass is 367 g/mol. The van der Waals surface area contributed by atoms with E-state index in [2.05, 4.69) is 36.2 Å². The number of carbonyl (C=O) groups is 1. The lowest BCUT2D eigenvalue weighted by Gasteiger charge is -2.24. The lowest BCUT2D eigenvalue weighted by atomic mass is 9.81. The Hall–Kier alpha value is -2.26. The highest BCUT2D eigenvalue weighted by atomic mass is 35.5. The molecule has 2 atom stereocenters. The van der Waals surface area contributed by atoms with Crippen molar-refractivity contribution in [3.05, 3.63) is 69.9 Å². The number of hydrogen-bond acceptors (Lipinski definition) is 2. The molecule has 3 aromatic rings. The van der Waals surface area contributed by atoms with Gasteiger partial charge in [-0.05, 0) is 56.5 Å². The fourth-order valence-corrected chi connectivity index (χ4v) is 4.38. The molecule has 1 aliphatic carbocycles. The van der Waals surface area contributed by atoms with Crippen molar-refractivity contribution in [1.82, 2.24) is 4.98 Å². The molecule has 0 fully saturated rings. The molecule has 0 bridgehead atoms. The number of nitrogens with one attached hydrogen (secondary N) is 1. The number of H-pyrrole nitrogens is 1. The average molecular weight is 368 g/mol. The van der Waals surface area contributed by atoms with E-state index < -0.39 is 5.41 Å². The van der Waals surface area contributed by atoms with Gasteiger partial charge in [0.2, 0.25) is 0 Å². The molecule has 3 nitrogen and oxygen atoms in total. The summed E-state index contributed by atoms with van der Waals surface area (Å²) in [6.07, 6.45) is 0.693. The average Bonchev–Trinajstić information content (AvgIpc) is 3.12.